The van der Waals surface area contributed by atoms with E-state index in [4.69, 9.17) is 30.5 Å². The number of esters is 1. The number of aliphatic hydroxyl groups excluding tert-OH is 1. The Labute approximate surface area is 308 Å². The molecule has 4 rings (SSSR count). The van der Waals surface area contributed by atoms with Crippen molar-refractivity contribution < 1.29 is 48.3 Å². The number of halogens is 1. The lowest BCUT2D eigenvalue weighted by Gasteiger charge is -2.42. The first-order valence-electron chi connectivity index (χ1n) is 16.9. The molecule has 282 valence electrons. The van der Waals surface area contributed by atoms with Crippen LogP contribution in [-0.4, -0.2) is 114 Å². The third-order valence-electron chi connectivity index (χ3n) is 10.1. The Morgan fingerprint density at radius 1 is 1.29 bits per heavy atom. The number of epoxide rings is 1. The Bertz CT molecular complexity index is 1560. The molecule has 1 aromatic rings. The number of hydrogen-bond donors (Lipinski definition) is 3. The summed E-state index contributed by atoms with van der Waals surface area (Å²) in [5.41, 5.74) is -0.569. The van der Waals surface area contributed by atoms with Crippen LogP contribution in [0, 0.1) is 5.92 Å². The number of allylic oxidation sites excluding steroid dienone is 3. The Hall–Kier alpha value is -3.14. The van der Waals surface area contributed by atoms with Crippen molar-refractivity contribution in [2.75, 3.05) is 38.1 Å². The van der Waals surface area contributed by atoms with E-state index >= 15 is 0 Å². The number of fused-ring (bicyclic) bond motifs is 5. The molecule has 3 aliphatic heterocycles. The number of likely N-dealkylation sites (N-methyl/N-ethyl adjacent to an activating group) is 1. The van der Waals surface area contributed by atoms with Gasteiger partial charge in [0.1, 0.15) is 30.0 Å². The fourth-order valence-corrected chi connectivity index (χ4v) is 7.32. The highest BCUT2D eigenvalue weighted by Gasteiger charge is 2.64. The molecule has 0 aliphatic carbocycles. The Balaban J connectivity index is 1.76. The first-order chi connectivity index (χ1) is 24.0. The summed E-state index contributed by atoms with van der Waals surface area (Å²) in [5, 5.41) is 24.5. The molecule has 2 saturated heterocycles. The average molecular weight is 752 g/mol. The third-order valence-corrected chi connectivity index (χ3v) is 11.2. The summed E-state index contributed by atoms with van der Waals surface area (Å²) >= 11 is 8.23. The van der Waals surface area contributed by atoms with Gasteiger partial charge < -0.3 is 39.0 Å². The van der Waals surface area contributed by atoms with Crippen LogP contribution in [0.1, 0.15) is 58.1 Å². The number of amides is 3. The quantitative estimate of drug-likeness (QED) is 0.262. The predicted octanol–water partition coefficient (Wildman–Crippen LogP) is 3.75. The van der Waals surface area contributed by atoms with Crippen LogP contribution in [0.2, 0.25) is 5.02 Å². The average Bonchev–Trinajstić information content (AvgIpc) is 3.79. The molecule has 4 unspecified atom stereocenters. The molecule has 0 aromatic heterocycles. The van der Waals surface area contributed by atoms with Gasteiger partial charge in [-0.15, -0.1) is 0 Å². The number of carbonyl (C=O) groups is 4. The lowest BCUT2D eigenvalue weighted by Crippen LogP contribution is -2.63. The second-order valence-electron chi connectivity index (χ2n) is 13.8. The van der Waals surface area contributed by atoms with E-state index in [1.165, 1.54) is 35.7 Å². The van der Waals surface area contributed by atoms with Crippen molar-refractivity contribution in [3.8, 4) is 0 Å². The normalized spacial score (nSPS) is 30.4. The fourth-order valence-electron chi connectivity index (χ4n) is 6.64. The van der Waals surface area contributed by atoms with Gasteiger partial charge in [0, 0.05) is 45.7 Å². The van der Waals surface area contributed by atoms with E-state index in [0.717, 1.165) is 11.1 Å². The molecule has 1 aromatic carbocycles. The van der Waals surface area contributed by atoms with Crippen LogP contribution in [0.15, 0.2) is 35.9 Å². The standard InChI is InChI=1S/C36H50ClN3O10S/c1-20-10-9-11-27(47-7)36(46)18-26(48-34(45)38-36)21(2)32-35(4,50-32)28(49-33(44)22(3)39(5)29(42)12-13-51-8)17-30(43)40(6)25-16-23(14-20)15-24(19-41)31(25)37/h9-11,15-16,21-22,26-28,32,41,46H,12-14,17-19H2,1-8H3,(H,38,45)/t21-,22?,26?,27-,28+,32?,35?,36+/m1/s1. The van der Waals surface area contributed by atoms with E-state index < -0.39 is 65.7 Å². The molecule has 15 heteroatoms. The second kappa shape index (κ2) is 16.7. The van der Waals surface area contributed by atoms with Crippen molar-refractivity contribution in [2.24, 2.45) is 5.92 Å². The van der Waals surface area contributed by atoms with Gasteiger partial charge in [0.05, 0.1) is 29.8 Å². The number of benzene rings is 1. The molecular formula is C36H50ClN3O10S. The molecule has 3 heterocycles. The summed E-state index contributed by atoms with van der Waals surface area (Å²) in [6, 6.07) is 2.57. The predicted molar refractivity (Wildman–Crippen MR) is 193 cm³/mol. The SMILES string of the molecule is CO[C@@H]1C=CC=C(C)Cc2cc(CO)c(Cl)c(c2)N(C)C(=O)C[C@H](OC(=O)C(C)N(C)C(=O)CCSC)C2(C)OC2[C@H](C)C2C[C@@]1(O)NC(=O)O2. The molecule has 3 N–H and O–H groups in total. The fraction of sp³-hybridized carbons (Fsp3) is 0.611. The van der Waals surface area contributed by atoms with Crippen molar-refractivity contribution in [2.45, 2.75) is 102 Å². The lowest BCUT2D eigenvalue weighted by molar-refractivity contribution is -0.162. The Morgan fingerprint density at radius 2 is 2.00 bits per heavy atom. The van der Waals surface area contributed by atoms with Gasteiger partial charge in [-0.3, -0.25) is 14.9 Å². The number of nitrogens with zero attached hydrogens (tertiary/aromatic N) is 2. The summed E-state index contributed by atoms with van der Waals surface area (Å²) < 4.78 is 23.5. The summed E-state index contributed by atoms with van der Waals surface area (Å²) in [5.74, 6) is -1.34. The number of hydrogen-bond acceptors (Lipinski definition) is 11. The molecule has 8 atom stereocenters. The van der Waals surface area contributed by atoms with Crippen molar-refractivity contribution in [3.63, 3.8) is 0 Å². The van der Waals surface area contributed by atoms with Gasteiger partial charge in [-0.2, -0.15) is 11.8 Å². The summed E-state index contributed by atoms with van der Waals surface area (Å²) in [7, 11) is 4.51. The number of nitrogens with one attached hydrogen (secondary N) is 1. The largest absolute Gasteiger partial charge is 0.457 e. The van der Waals surface area contributed by atoms with E-state index in [0.29, 0.717) is 23.4 Å². The van der Waals surface area contributed by atoms with Gasteiger partial charge in [-0.25, -0.2) is 9.59 Å². The van der Waals surface area contributed by atoms with Crippen LogP contribution in [-0.2, 0) is 46.4 Å². The van der Waals surface area contributed by atoms with Crippen LogP contribution in [0.5, 0.6) is 0 Å². The van der Waals surface area contributed by atoms with E-state index in [2.05, 4.69) is 5.32 Å². The van der Waals surface area contributed by atoms with Crippen molar-refractivity contribution >= 4 is 52.9 Å². The number of thioether (sulfide) groups is 1. The minimum atomic E-state index is -1.83. The first kappa shape index (κ1) is 40.6. The zero-order chi connectivity index (χ0) is 37.8. The van der Waals surface area contributed by atoms with Crippen LogP contribution >= 0.6 is 23.4 Å². The van der Waals surface area contributed by atoms with Crippen LogP contribution in [0.3, 0.4) is 0 Å². The number of alkyl carbamates (subject to hydrolysis) is 1. The summed E-state index contributed by atoms with van der Waals surface area (Å²) in [6.45, 7) is 6.60. The zero-order valence-corrected chi connectivity index (χ0v) is 32.0. The van der Waals surface area contributed by atoms with Crippen LogP contribution < -0.4 is 10.2 Å². The smallest absolute Gasteiger partial charge is 0.409 e. The molecule has 3 aliphatic rings. The van der Waals surface area contributed by atoms with Crippen LogP contribution in [0.4, 0.5) is 10.5 Å². The summed E-state index contributed by atoms with van der Waals surface area (Å²) in [6.07, 6.45) is 2.97. The topological polar surface area (TPSA) is 167 Å². The molecule has 51 heavy (non-hydrogen) atoms. The number of carbonyl (C=O) groups excluding carboxylic acids is 4. The van der Waals surface area contributed by atoms with Gasteiger partial charge in [-0.05, 0) is 50.6 Å². The van der Waals surface area contributed by atoms with E-state index in [9.17, 15) is 29.4 Å². The Morgan fingerprint density at radius 3 is 2.65 bits per heavy atom. The number of rotatable bonds is 8. The highest BCUT2D eigenvalue weighted by Crippen LogP contribution is 2.49. The van der Waals surface area contributed by atoms with Crippen LogP contribution in [0.25, 0.3) is 0 Å². The molecule has 0 spiro atoms. The minimum Gasteiger partial charge on any atom is -0.457 e. The van der Waals surface area contributed by atoms with Crippen molar-refractivity contribution in [1.29, 1.82) is 0 Å². The van der Waals surface area contributed by atoms with E-state index in [1.807, 2.05) is 19.3 Å². The monoisotopic (exact) mass is 751 g/mol. The first-order valence-corrected chi connectivity index (χ1v) is 18.7. The molecule has 2 fully saturated rings. The van der Waals surface area contributed by atoms with E-state index in [-0.39, 0.29) is 36.8 Å². The molecule has 0 saturated carbocycles. The third kappa shape index (κ3) is 9.09. The maximum atomic E-state index is 14.1. The summed E-state index contributed by atoms with van der Waals surface area (Å²) in [4.78, 5) is 55.9. The van der Waals surface area contributed by atoms with Gasteiger partial charge in [-0.1, -0.05) is 48.4 Å². The van der Waals surface area contributed by atoms with Crippen molar-refractivity contribution in [3.05, 3.63) is 52.1 Å². The van der Waals surface area contributed by atoms with Gasteiger partial charge in [0.25, 0.3) is 0 Å². The number of anilines is 1. The maximum Gasteiger partial charge on any atom is 0.409 e. The van der Waals surface area contributed by atoms with Crippen molar-refractivity contribution in [1.82, 2.24) is 10.2 Å². The highest BCUT2D eigenvalue weighted by atomic mass is 35.5. The second-order valence-corrected chi connectivity index (χ2v) is 15.1. The number of ether oxygens (including phenoxy) is 4. The molecule has 0 radical (unpaired) electrons. The molecule has 13 nitrogen and oxygen atoms in total. The maximum absolute atomic E-state index is 14.1. The van der Waals surface area contributed by atoms with Gasteiger partial charge >= 0.3 is 12.1 Å². The van der Waals surface area contributed by atoms with Gasteiger partial charge in [0.15, 0.2) is 5.72 Å². The number of aliphatic hydroxyl groups is 2. The Kier molecular flexibility index (Phi) is 13.3. The zero-order valence-electron chi connectivity index (χ0n) is 30.4. The van der Waals surface area contributed by atoms with Gasteiger partial charge in [0.2, 0.25) is 11.8 Å². The molecule has 4 bridgehead atoms. The minimum absolute atomic E-state index is 0.0538. The van der Waals surface area contributed by atoms with E-state index in [1.54, 1.807) is 52.1 Å². The lowest BCUT2D eigenvalue weighted by atomic mass is 9.83. The number of methoxy groups -OCH3 is 1. The molecular weight excluding hydrogens is 702 g/mol. The highest BCUT2D eigenvalue weighted by molar-refractivity contribution is 7.98. The molecule has 3 amide bonds.